The zero-order chi connectivity index (χ0) is 10.8. The molecule has 0 atom stereocenters. The quantitative estimate of drug-likeness (QED) is 0.768. The number of likely N-dealkylation sites (N-methyl/N-ethyl adjacent to an activating group) is 1. The van der Waals surface area contributed by atoms with Crippen LogP contribution in [-0.2, 0) is 11.8 Å². The summed E-state index contributed by atoms with van der Waals surface area (Å²) in [5, 5.41) is 10.7. The molecule has 80 valence electrons. The lowest BCUT2D eigenvalue weighted by molar-refractivity contribution is 0.413. The minimum Gasteiger partial charge on any atom is -0.309 e. The molecule has 0 amide bonds. The highest BCUT2D eigenvalue weighted by Gasteiger charge is 2.18. The minimum absolute atomic E-state index is 0.133. The molecule has 0 aliphatic rings. The lowest BCUT2D eigenvalue weighted by Gasteiger charge is -2.12. The smallest absolute Gasteiger partial charge is 0.122 e. The first-order chi connectivity index (χ1) is 6.39. The van der Waals surface area contributed by atoms with E-state index < -0.39 is 0 Å². The second kappa shape index (κ2) is 4.36. The van der Waals surface area contributed by atoms with Crippen LogP contribution in [0.1, 0.15) is 30.8 Å². The number of hydrogen-bond donors (Lipinski definition) is 0. The normalized spacial score (nSPS) is 12.4. The van der Waals surface area contributed by atoms with E-state index in [0.717, 1.165) is 23.0 Å². The molecule has 0 radical (unpaired) electrons. The largest absolute Gasteiger partial charge is 0.309 e. The summed E-state index contributed by atoms with van der Waals surface area (Å²) in [4.78, 5) is 2.16. The Balaban J connectivity index is 2.60. The summed E-state index contributed by atoms with van der Waals surface area (Å²) in [5.41, 5.74) is 0.133. The standard InChI is InChI=1S/C10H19N3S/c1-10(2,3)9-12-11-8(14-9)6-7-13(4)5/h6-7H2,1-5H3. The first-order valence-corrected chi connectivity index (χ1v) is 5.69. The van der Waals surface area contributed by atoms with Gasteiger partial charge in [0, 0.05) is 18.4 Å². The Kier molecular flexibility index (Phi) is 3.61. The van der Waals surface area contributed by atoms with Crippen LogP contribution in [0.3, 0.4) is 0 Å². The molecule has 0 N–H and O–H groups in total. The van der Waals surface area contributed by atoms with Gasteiger partial charge in [-0.25, -0.2) is 0 Å². The topological polar surface area (TPSA) is 29.0 Å². The molecule has 4 heteroatoms. The zero-order valence-corrected chi connectivity index (χ0v) is 10.5. The van der Waals surface area contributed by atoms with Crippen molar-refractivity contribution in [1.29, 1.82) is 0 Å². The lowest BCUT2D eigenvalue weighted by Crippen LogP contribution is -2.14. The first-order valence-electron chi connectivity index (χ1n) is 4.87. The lowest BCUT2D eigenvalue weighted by atomic mass is 9.98. The second-order valence-electron chi connectivity index (χ2n) is 4.80. The van der Waals surface area contributed by atoms with Gasteiger partial charge >= 0.3 is 0 Å². The summed E-state index contributed by atoms with van der Waals surface area (Å²) in [6.45, 7) is 7.55. The maximum Gasteiger partial charge on any atom is 0.122 e. The first kappa shape index (κ1) is 11.6. The summed E-state index contributed by atoms with van der Waals surface area (Å²) in [7, 11) is 4.15. The summed E-state index contributed by atoms with van der Waals surface area (Å²) in [5.74, 6) is 0. The van der Waals surface area contributed by atoms with Gasteiger partial charge in [-0.15, -0.1) is 21.5 Å². The number of rotatable bonds is 3. The van der Waals surface area contributed by atoms with Gasteiger partial charge in [-0.05, 0) is 14.1 Å². The molecular weight excluding hydrogens is 194 g/mol. The molecule has 0 saturated carbocycles. The van der Waals surface area contributed by atoms with Crippen LogP contribution in [0.15, 0.2) is 0 Å². The van der Waals surface area contributed by atoms with Crippen LogP contribution in [0.2, 0.25) is 0 Å². The monoisotopic (exact) mass is 213 g/mol. The van der Waals surface area contributed by atoms with E-state index in [9.17, 15) is 0 Å². The van der Waals surface area contributed by atoms with Gasteiger partial charge in [-0.1, -0.05) is 20.8 Å². The van der Waals surface area contributed by atoms with E-state index in [1.807, 2.05) is 0 Å². The molecule has 0 saturated heterocycles. The third kappa shape index (κ3) is 3.35. The van der Waals surface area contributed by atoms with E-state index in [-0.39, 0.29) is 5.41 Å². The molecular formula is C10H19N3S. The fraction of sp³-hybridized carbons (Fsp3) is 0.800. The molecule has 0 fully saturated rings. The molecule has 3 nitrogen and oxygen atoms in total. The van der Waals surface area contributed by atoms with Gasteiger partial charge in [0.05, 0.1) is 0 Å². The van der Waals surface area contributed by atoms with Crippen molar-refractivity contribution in [1.82, 2.24) is 15.1 Å². The molecule has 0 aliphatic heterocycles. The molecule has 14 heavy (non-hydrogen) atoms. The van der Waals surface area contributed by atoms with Crippen molar-refractivity contribution in [3.8, 4) is 0 Å². The van der Waals surface area contributed by atoms with Crippen LogP contribution in [-0.4, -0.2) is 35.7 Å². The Hall–Kier alpha value is -0.480. The van der Waals surface area contributed by atoms with Crippen LogP contribution in [0, 0.1) is 0 Å². The molecule has 1 rings (SSSR count). The minimum atomic E-state index is 0.133. The van der Waals surface area contributed by atoms with Gasteiger partial charge in [0.15, 0.2) is 0 Å². The summed E-state index contributed by atoms with van der Waals surface area (Å²) >= 11 is 1.73. The number of aromatic nitrogens is 2. The zero-order valence-electron chi connectivity index (χ0n) is 9.66. The van der Waals surface area contributed by atoms with Gasteiger partial charge < -0.3 is 4.90 Å². The second-order valence-corrected chi connectivity index (χ2v) is 5.87. The van der Waals surface area contributed by atoms with Crippen LogP contribution in [0.4, 0.5) is 0 Å². The Bertz CT molecular complexity index is 286. The number of hydrogen-bond acceptors (Lipinski definition) is 4. The molecule has 1 aromatic heterocycles. The van der Waals surface area contributed by atoms with Crippen molar-refractivity contribution in [2.24, 2.45) is 0 Å². The van der Waals surface area contributed by atoms with E-state index >= 15 is 0 Å². The average Bonchev–Trinajstić information content (AvgIpc) is 2.47. The van der Waals surface area contributed by atoms with Crippen molar-refractivity contribution in [3.63, 3.8) is 0 Å². The molecule has 0 bridgehead atoms. The fourth-order valence-corrected chi connectivity index (χ4v) is 1.86. The highest BCUT2D eigenvalue weighted by atomic mass is 32.1. The van der Waals surface area contributed by atoms with Crippen molar-refractivity contribution < 1.29 is 0 Å². The van der Waals surface area contributed by atoms with E-state index in [4.69, 9.17) is 0 Å². The molecule has 1 aromatic rings. The third-order valence-electron chi connectivity index (χ3n) is 1.88. The van der Waals surface area contributed by atoms with Crippen molar-refractivity contribution in [2.75, 3.05) is 20.6 Å². The highest BCUT2D eigenvalue weighted by Crippen LogP contribution is 2.25. The van der Waals surface area contributed by atoms with Gasteiger partial charge in [0.2, 0.25) is 0 Å². The molecule has 0 spiro atoms. The van der Waals surface area contributed by atoms with E-state index in [2.05, 4.69) is 50.0 Å². The Labute approximate surface area is 90.2 Å². The number of nitrogens with zero attached hydrogens (tertiary/aromatic N) is 3. The highest BCUT2D eigenvalue weighted by molar-refractivity contribution is 7.11. The average molecular weight is 213 g/mol. The molecule has 0 aromatic carbocycles. The van der Waals surface area contributed by atoms with Crippen LogP contribution in [0.25, 0.3) is 0 Å². The van der Waals surface area contributed by atoms with Gasteiger partial charge in [0.25, 0.3) is 0 Å². The fourth-order valence-electron chi connectivity index (χ4n) is 0.977. The van der Waals surface area contributed by atoms with Crippen molar-refractivity contribution in [2.45, 2.75) is 32.6 Å². The van der Waals surface area contributed by atoms with E-state index in [1.54, 1.807) is 11.3 Å². The van der Waals surface area contributed by atoms with E-state index in [0.29, 0.717) is 0 Å². The van der Waals surface area contributed by atoms with Gasteiger partial charge in [-0.3, -0.25) is 0 Å². The van der Waals surface area contributed by atoms with Crippen LogP contribution < -0.4 is 0 Å². The summed E-state index contributed by atoms with van der Waals surface area (Å²) in [6, 6.07) is 0. The summed E-state index contributed by atoms with van der Waals surface area (Å²) in [6.07, 6.45) is 1.00. The Morgan fingerprint density at radius 2 is 1.86 bits per heavy atom. The third-order valence-corrected chi connectivity index (χ3v) is 3.29. The van der Waals surface area contributed by atoms with Gasteiger partial charge in [0.1, 0.15) is 10.0 Å². The van der Waals surface area contributed by atoms with E-state index in [1.165, 1.54) is 0 Å². The molecule has 0 unspecified atom stereocenters. The Morgan fingerprint density at radius 3 is 2.29 bits per heavy atom. The SMILES string of the molecule is CN(C)CCc1nnc(C(C)(C)C)s1. The predicted molar refractivity (Wildman–Crippen MR) is 60.9 cm³/mol. The van der Waals surface area contributed by atoms with Crippen molar-refractivity contribution >= 4 is 11.3 Å². The van der Waals surface area contributed by atoms with Crippen LogP contribution in [0.5, 0.6) is 0 Å². The van der Waals surface area contributed by atoms with Crippen molar-refractivity contribution in [3.05, 3.63) is 10.0 Å². The molecule has 0 aliphatic carbocycles. The van der Waals surface area contributed by atoms with Crippen LogP contribution >= 0.6 is 11.3 Å². The maximum atomic E-state index is 4.22. The molecule has 1 heterocycles. The van der Waals surface area contributed by atoms with Gasteiger partial charge in [-0.2, -0.15) is 0 Å². The Morgan fingerprint density at radius 1 is 1.21 bits per heavy atom. The predicted octanol–water partition coefficient (Wildman–Crippen LogP) is 1.94. The maximum absolute atomic E-state index is 4.22. The summed E-state index contributed by atoms with van der Waals surface area (Å²) < 4.78 is 0.